The van der Waals surface area contributed by atoms with E-state index >= 15 is 0 Å². The van der Waals surface area contributed by atoms with Gasteiger partial charge < -0.3 is 20.0 Å². The van der Waals surface area contributed by atoms with Crippen LogP contribution in [0.4, 0.5) is 0 Å². The molecule has 1 amide bonds. The van der Waals surface area contributed by atoms with Crippen LogP contribution in [-0.2, 0) is 24.3 Å². The number of carbonyl (C=O) groups is 2. The van der Waals surface area contributed by atoms with Gasteiger partial charge in [-0.1, -0.05) is 0 Å². The van der Waals surface area contributed by atoms with E-state index in [-0.39, 0.29) is 6.54 Å². The van der Waals surface area contributed by atoms with Crippen molar-refractivity contribution in [1.29, 1.82) is 0 Å². The molecule has 0 aromatic rings. The molecule has 2 fully saturated rings. The van der Waals surface area contributed by atoms with Gasteiger partial charge >= 0.3 is 5.97 Å². The quantitative estimate of drug-likeness (QED) is 0.377. The Kier molecular flexibility index (Phi) is 3.53. The Morgan fingerprint density at radius 2 is 2.15 bits per heavy atom. The topological polar surface area (TPSA) is 133 Å². The Balaban J connectivity index is 2.50. The van der Waals surface area contributed by atoms with Crippen molar-refractivity contribution in [2.75, 3.05) is 20.3 Å². The van der Waals surface area contributed by atoms with E-state index in [1.54, 1.807) is 0 Å². The number of carboxylic acids is 1. The van der Waals surface area contributed by atoms with Crippen molar-refractivity contribution in [2.24, 2.45) is 5.92 Å². The molecule has 2 rings (SSSR count). The minimum Gasteiger partial charge on any atom is -0.480 e. The first-order valence-corrected chi connectivity index (χ1v) is 7.43. The number of aliphatic hydroxyl groups is 1. The maximum Gasteiger partial charge on any atom is 0.328 e. The van der Waals surface area contributed by atoms with E-state index in [2.05, 4.69) is 10.3 Å². The van der Waals surface area contributed by atoms with Crippen LogP contribution in [0.3, 0.4) is 0 Å². The molecule has 9 nitrogen and oxygen atoms in total. The van der Waals surface area contributed by atoms with Crippen LogP contribution in [-0.4, -0.2) is 71.8 Å². The number of sulfone groups is 1. The maximum absolute atomic E-state index is 12.5. The maximum atomic E-state index is 12.5. The molecule has 0 unspecified atom stereocenters. The minimum absolute atomic E-state index is 0.277. The lowest BCUT2D eigenvalue weighted by Crippen LogP contribution is -2.64. The van der Waals surface area contributed by atoms with E-state index in [1.807, 2.05) is 0 Å². The second kappa shape index (κ2) is 4.65. The van der Waals surface area contributed by atoms with Gasteiger partial charge in [0.1, 0.15) is 10.1 Å². The van der Waals surface area contributed by atoms with Gasteiger partial charge in [0, 0.05) is 6.54 Å². The lowest BCUT2D eigenvalue weighted by Gasteiger charge is -2.41. The molecular weight excluding hydrogens is 292 g/mol. The molecule has 0 bridgehead atoms. The predicted octanol–water partition coefficient (Wildman–Crippen LogP) is -2.45. The number of carboxylic acid groups (broad SMARTS) is 1. The summed E-state index contributed by atoms with van der Waals surface area (Å²) in [4.78, 5) is 28.7. The first-order chi connectivity index (χ1) is 9.24. The molecule has 0 aliphatic carbocycles. The molecule has 2 aliphatic heterocycles. The Morgan fingerprint density at radius 1 is 1.55 bits per heavy atom. The van der Waals surface area contributed by atoms with Crippen molar-refractivity contribution in [3.05, 3.63) is 0 Å². The molecule has 114 valence electrons. The zero-order valence-corrected chi connectivity index (χ0v) is 11.8. The van der Waals surface area contributed by atoms with Crippen molar-refractivity contribution >= 4 is 21.7 Å². The molecule has 2 aliphatic rings. The number of aliphatic hydroxyl groups excluding tert-OH is 1. The largest absolute Gasteiger partial charge is 0.480 e. The average molecular weight is 308 g/mol. The van der Waals surface area contributed by atoms with Crippen LogP contribution in [0.5, 0.6) is 0 Å². The number of rotatable bonds is 5. The van der Waals surface area contributed by atoms with E-state index in [9.17, 15) is 23.1 Å². The zero-order chi connectivity index (χ0) is 15.3. The van der Waals surface area contributed by atoms with Crippen LogP contribution in [0.15, 0.2) is 0 Å². The molecule has 10 heteroatoms. The molecule has 3 N–H and O–H groups in total. The summed E-state index contributed by atoms with van der Waals surface area (Å²) in [6.07, 6.45) is 0. The van der Waals surface area contributed by atoms with Crippen LogP contribution in [0.25, 0.3) is 0 Å². The SMILES string of the molecule is CONC[C@]1(C)[C@H](C(=O)O)N2C(=O)[C@@H](CO)[C@H]2S1(=O)=O. The number of hydroxylamine groups is 1. The summed E-state index contributed by atoms with van der Waals surface area (Å²) >= 11 is 0. The number of hydrogen-bond donors (Lipinski definition) is 3. The third-order valence-corrected chi connectivity index (χ3v) is 6.87. The van der Waals surface area contributed by atoms with Gasteiger partial charge in [0.05, 0.1) is 19.6 Å². The lowest BCUT2D eigenvalue weighted by molar-refractivity contribution is -0.165. The van der Waals surface area contributed by atoms with E-state index in [1.165, 1.54) is 14.0 Å². The van der Waals surface area contributed by atoms with Gasteiger partial charge in [-0.2, -0.15) is 0 Å². The van der Waals surface area contributed by atoms with Gasteiger partial charge in [-0.05, 0) is 6.92 Å². The van der Waals surface area contributed by atoms with E-state index in [0.29, 0.717) is 0 Å². The number of amides is 1. The van der Waals surface area contributed by atoms with Crippen LogP contribution in [0, 0.1) is 5.92 Å². The first-order valence-electron chi connectivity index (χ1n) is 5.89. The third kappa shape index (κ3) is 1.62. The standard InChI is InChI=1S/C10H16N2O7S/c1-10(4-11-19-2)6(9(15)16)12-7(14)5(3-13)8(12)20(10,17)18/h5-6,8,11,13H,3-4H2,1-2H3,(H,15,16)/t5-,6+,8-,10-/m1/s1. The van der Waals surface area contributed by atoms with Gasteiger partial charge in [-0.25, -0.2) is 18.7 Å². The Hall–Kier alpha value is -1.23. The number of fused-ring (bicyclic) bond motifs is 1. The van der Waals surface area contributed by atoms with Crippen molar-refractivity contribution in [3.8, 4) is 0 Å². The highest BCUT2D eigenvalue weighted by Gasteiger charge is 2.73. The van der Waals surface area contributed by atoms with Crippen LogP contribution < -0.4 is 5.48 Å². The first kappa shape index (κ1) is 15.2. The van der Waals surface area contributed by atoms with Gasteiger partial charge in [0.25, 0.3) is 0 Å². The molecule has 2 saturated heterocycles. The molecule has 0 aromatic heterocycles. The Morgan fingerprint density at radius 3 is 2.60 bits per heavy atom. The van der Waals surface area contributed by atoms with E-state index in [4.69, 9.17) is 5.11 Å². The van der Waals surface area contributed by atoms with Gasteiger partial charge in [-0.3, -0.25) is 4.79 Å². The fourth-order valence-corrected chi connectivity index (χ4v) is 5.37. The molecule has 20 heavy (non-hydrogen) atoms. The molecule has 0 radical (unpaired) electrons. The number of β-lactam (4-membered cyclic amide) rings is 1. The van der Waals surface area contributed by atoms with Gasteiger partial charge in [0.15, 0.2) is 15.9 Å². The minimum atomic E-state index is -3.97. The van der Waals surface area contributed by atoms with E-state index < -0.39 is 50.4 Å². The van der Waals surface area contributed by atoms with Crippen molar-refractivity contribution in [1.82, 2.24) is 10.4 Å². The van der Waals surface area contributed by atoms with Crippen molar-refractivity contribution < 1.29 is 33.1 Å². The van der Waals surface area contributed by atoms with Crippen molar-refractivity contribution in [3.63, 3.8) is 0 Å². The number of hydrogen-bond acceptors (Lipinski definition) is 7. The molecule has 2 heterocycles. The van der Waals surface area contributed by atoms with Gasteiger partial charge in [0.2, 0.25) is 5.91 Å². The highest BCUT2D eigenvalue weighted by Crippen LogP contribution is 2.48. The summed E-state index contributed by atoms with van der Waals surface area (Å²) in [7, 11) is -2.69. The number of nitrogens with one attached hydrogen (secondary N) is 1. The third-order valence-electron chi connectivity index (χ3n) is 4.01. The second-order valence-electron chi connectivity index (χ2n) is 5.05. The highest BCUT2D eigenvalue weighted by atomic mass is 32.2. The summed E-state index contributed by atoms with van der Waals surface area (Å²) in [5.41, 5.74) is 2.34. The van der Waals surface area contributed by atoms with Crippen molar-refractivity contribution in [2.45, 2.75) is 23.1 Å². The average Bonchev–Trinajstić information content (AvgIpc) is 2.52. The molecule has 0 saturated carbocycles. The second-order valence-corrected chi connectivity index (χ2v) is 7.55. The molecular formula is C10H16N2O7S. The molecule has 0 spiro atoms. The smallest absolute Gasteiger partial charge is 0.328 e. The van der Waals surface area contributed by atoms with Crippen LogP contribution in [0.2, 0.25) is 0 Å². The number of aliphatic carboxylic acids is 1. The fourth-order valence-electron chi connectivity index (χ4n) is 2.88. The summed E-state index contributed by atoms with van der Waals surface area (Å²) < 4.78 is 23.4. The van der Waals surface area contributed by atoms with E-state index in [0.717, 1.165) is 4.90 Å². The Bertz CT molecular complexity index is 548. The highest BCUT2D eigenvalue weighted by molar-refractivity contribution is 7.94. The number of nitrogens with zero attached hydrogens (tertiary/aromatic N) is 1. The fraction of sp³-hybridized carbons (Fsp3) is 0.800. The Labute approximate surface area is 115 Å². The normalized spacial score (nSPS) is 38.5. The number of carbonyl (C=O) groups excluding carboxylic acids is 1. The summed E-state index contributed by atoms with van der Waals surface area (Å²) in [5, 5.41) is 17.1. The lowest BCUT2D eigenvalue weighted by atomic mass is 9.91. The van der Waals surface area contributed by atoms with Crippen LogP contribution >= 0.6 is 0 Å². The predicted molar refractivity (Wildman–Crippen MR) is 65.0 cm³/mol. The zero-order valence-electron chi connectivity index (χ0n) is 10.9. The van der Waals surface area contributed by atoms with Crippen LogP contribution in [0.1, 0.15) is 6.92 Å². The molecule has 0 aromatic carbocycles. The van der Waals surface area contributed by atoms with Gasteiger partial charge in [-0.15, -0.1) is 0 Å². The summed E-state index contributed by atoms with van der Waals surface area (Å²) in [6.45, 7) is 0.355. The summed E-state index contributed by atoms with van der Waals surface area (Å²) in [5.74, 6) is -3.15. The monoisotopic (exact) mass is 308 g/mol. The summed E-state index contributed by atoms with van der Waals surface area (Å²) in [6, 6.07) is -1.50. The molecule has 4 atom stereocenters.